The number of carboxylic acid groups (broad SMARTS) is 1. The third-order valence-corrected chi connectivity index (χ3v) is 9.73. The van der Waals surface area contributed by atoms with Crippen LogP contribution < -0.4 is 4.74 Å². The van der Waals surface area contributed by atoms with E-state index in [1.165, 1.54) is 27.0 Å². The highest BCUT2D eigenvalue weighted by atomic mass is 32.3. The van der Waals surface area contributed by atoms with Gasteiger partial charge in [-0.25, -0.2) is 0 Å². The maximum absolute atomic E-state index is 11.2. The van der Waals surface area contributed by atoms with E-state index in [1.54, 1.807) is 18.3 Å². The standard InChI is InChI=1S/C33H32O5S2/c1-3-4-26(18-33(34)35)24-7-5-23(6-8-24)20-38-28-10-12-32-30(19-28)31(21-39-32)29-11-9-27(17-22(29)2)25-13-15-40(36,37)16-14-25/h5-13,17,19,21,26,36-37H,14-16,18,20H2,1-2H3,(H,34,35)/t26-/m0/s1. The lowest BCUT2D eigenvalue weighted by Gasteiger charge is -2.35. The van der Waals surface area contributed by atoms with Gasteiger partial charge in [-0.05, 0) is 77.2 Å². The van der Waals surface area contributed by atoms with Crippen LogP contribution in [0, 0.1) is 18.8 Å². The highest BCUT2D eigenvalue weighted by molar-refractivity contribution is 8.24. The SMILES string of the molecule is CC#C[C@@H](CC(=O)O)c1ccc(COc2ccc3scc(-c4ccc(C5=CCS(O)(O)CC5)cc4C)c3c2)cc1. The van der Waals surface area contributed by atoms with Crippen molar-refractivity contribution in [1.29, 1.82) is 0 Å². The Balaban J connectivity index is 1.32. The van der Waals surface area contributed by atoms with Crippen molar-refractivity contribution in [2.24, 2.45) is 0 Å². The van der Waals surface area contributed by atoms with Gasteiger partial charge in [0.1, 0.15) is 12.4 Å². The Bertz CT molecular complexity index is 1640. The van der Waals surface area contributed by atoms with Gasteiger partial charge in [0.05, 0.1) is 18.1 Å². The Kier molecular flexibility index (Phi) is 8.34. The molecule has 206 valence electrons. The first kappa shape index (κ1) is 28.0. The summed E-state index contributed by atoms with van der Waals surface area (Å²) in [6, 6.07) is 20.5. The predicted octanol–water partition coefficient (Wildman–Crippen LogP) is 8.58. The summed E-state index contributed by atoms with van der Waals surface area (Å²) in [5.74, 6) is 6.19. The van der Waals surface area contributed by atoms with E-state index in [1.807, 2.05) is 36.4 Å². The zero-order chi connectivity index (χ0) is 28.3. The first-order chi connectivity index (χ1) is 19.2. The minimum atomic E-state index is -2.45. The van der Waals surface area contributed by atoms with Crippen molar-refractivity contribution in [1.82, 2.24) is 0 Å². The molecular formula is C33H32O5S2. The summed E-state index contributed by atoms with van der Waals surface area (Å²) < 4.78 is 27.2. The lowest BCUT2D eigenvalue weighted by atomic mass is 9.94. The fourth-order valence-electron chi connectivity index (χ4n) is 5.04. The molecule has 0 aliphatic carbocycles. The normalized spacial score (nSPS) is 15.9. The molecule has 0 fully saturated rings. The number of hydrogen-bond acceptors (Lipinski definition) is 5. The number of carbonyl (C=O) groups is 1. The second kappa shape index (κ2) is 11.9. The van der Waals surface area contributed by atoms with E-state index in [4.69, 9.17) is 4.74 Å². The molecule has 4 aromatic rings. The van der Waals surface area contributed by atoms with Gasteiger partial charge in [-0.2, -0.15) is 10.6 Å². The molecule has 1 aliphatic rings. The minimum Gasteiger partial charge on any atom is -0.489 e. The van der Waals surface area contributed by atoms with Crippen LogP contribution in [0.25, 0.3) is 26.8 Å². The molecule has 0 radical (unpaired) electrons. The van der Waals surface area contributed by atoms with Crippen LogP contribution in [-0.4, -0.2) is 31.7 Å². The van der Waals surface area contributed by atoms with Gasteiger partial charge >= 0.3 is 5.97 Å². The van der Waals surface area contributed by atoms with E-state index in [9.17, 15) is 19.0 Å². The van der Waals surface area contributed by atoms with Crippen molar-refractivity contribution in [3.05, 3.63) is 94.4 Å². The predicted molar refractivity (Wildman–Crippen MR) is 166 cm³/mol. The lowest BCUT2D eigenvalue weighted by molar-refractivity contribution is -0.137. The molecule has 3 N–H and O–H groups in total. The van der Waals surface area contributed by atoms with Crippen molar-refractivity contribution >= 4 is 43.6 Å². The maximum Gasteiger partial charge on any atom is 0.304 e. The third-order valence-electron chi connectivity index (χ3n) is 7.21. The van der Waals surface area contributed by atoms with Crippen molar-refractivity contribution < 1.29 is 23.7 Å². The van der Waals surface area contributed by atoms with Gasteiger partial charge in [0.2, 0.25) is 0 Å². The molecule has 0 saturated carbocycles. The molecule has 0 amide bonds. The number of hydrogen-bond donors (Lipinski definition) is 3. The first-order valence-corrected chi connectivity index (χ1v) is 15.9. The number of aryl methyl sites for hydroxylation is 1. The monoisotopic (exact) mass is 572 g/mol. The van der Waals surface area contributed by atoms with E-state index in [2.05, 4.69) is 54.5 Å². The maximum atomic E-state index is 11.2. The van der Waals surface area contributed by atoms with Crippen molar-refractivity contribution in [2.75, 3.05) is 11.5 Å². The summed E-state index contributed by atoms with van der Waals surface area (Å²) in [5.41, 5.74) is 7.73. The van der Waals surface area contributed by atoms with E-state index in [0.29, 0.717) is 24.5 Å². The summed E-state index contributed by atoms with van der Waals surface area (Å²) in [6.45, 7) is 4.25. The summed E-state index contributed by atoms with van der Waals surface area (Å²) >= 11 is 1.71. The Labute approximate surface area is 240 Å². The second-order valence-corrected chi connectivity index (χ2v) is 13.3. The fraction of sp³-hybridized carbons (Fsp3) is 0.242. The molecule has 0 unspecified atom stereocenters. The molecule has 3 aromatic carbocycles. The minimum absolute atomic E-state index is 0.0192. The van der Waals surface area contributed by atoms with E-state index < -0.39 is 16.6 Å². The summed E-state index contributed by atoms with van der Waals surface area (Å²) in [5, 5.41) is 12.5. The van der Waals surface area contributed by atoms with Gasteiger partial charge in [-0.15, -0.1) is 17.3 Å². The average molecular weight is 573 g/mol. The second-order valence-electron chi connectivity index (χ2n) is 10.1. The largest absolute Gasteiger partial charge is 0.489 e. The Hall–Kier alpha value is -3.54. The molecular weight excluding hydrogens is 540 g/mol. The Morgan fingerprint density at radius 1 is 1.07 bits per heavy atom. The van der Waals surface area contributed by atoms with Gasteiger partial charge in [-0.1, -0.05) is 54.5 Å². The molecule has 0 bridgehead atoms. The number of fused-ring (bicyclic) bond motifs is 1. The van der Waals surface area contributed by atoms with Crippen molar-refractivity contribution in [2.45, 2.75) is 39.2 Å². The van der Waals surface area contributed by atoms with Crippen LogP contribution in [-0.2, 0) is 11.4 Å². The van der Waals surface area contributed by atoms with Gasteiger partial charge in [0, 0.05) is 21.4 Å². The Morgan fingerprint density at radius 2 is 1.88 bits per heavy atom. The van der Waals surface area contributed by atoms with Gasteiger partial charge in [0.15, 0.2) is 0 Å². The topological polar surface area (TPSA) is 87.0 Å². The number of aliphatic carboxylic acids is 1. The molecule has 1 aromatic heterocycles. The van der Waals surface area contributed by atoms with Crippen LogP contribution in [0.2, 0.25) is 0 Å². The third kappa shape index (κ3) is 6.43. The number of benzene rings is 3. The highest BCUT2D eigenvalue weighted by Gasteiger charge is 2.19. The molecule has 7 heteroatoms. The number of allylic oxidation sites excluding steroid dienone is 1. The fourth-order valence-corrected chi connectivity index (χ4v) is 7.16. The van der Waals surface area contributed by atoms with Crippen molar-refractivity contribution in [3.8, 4) is 28.7 Å². The van der Waals surface area contributed by atoms with Gasteiger partial charge in [0.25, 0.3) is 0 Å². The van der Waals surface area contributed by atoms with Crippen LogP contribution in [0.4, 0.5) is 0 Å². The van der Waals surface area contributed by atoms with Crippen LogP contribution >= 0.6 is 21.9 Å². The highest BCUT2D eigenvalue weighted by Crippen LogP contribution is 2.45. The summed E-state index contributed by atoms with van der Waals surface area (Å²) in [4.78, 5) is 11.2. The summed E-state index contributed by atoms with van der Waals surface area (Å²) in [7, 11) is -2.45. The molecule has 1 atom stereocenters. The van der Waals surface area contributed by atoms with Crippen LogP contribution in [0.1, 0.15) is 47.9 Å². The van der Waals surface area contributed by atoms with Gasteiger partial charge < -0.3 is 9.84 Å². The number of thiophene rings is 1. The van der Waals surface area contributed by atoms with E-state index in [-0.39, 0.29) is 12.3 Å². The van der Waals surface area contributed by atoms with E-state index >= 15 is 0 Å². The quantitative estimate of drug-likeness (QED) is 0.184. The molecule has 40 heavy (non-hydrogen) atoms. The smallest absolute Gasteiger partial charge is 0.304 e. The molecule has 1 aliphatic heterocycles. The Morgan fingerprint density at radius 3 is 2.55 bits per heavy atom. The van der Waals surface area contributed by atoms with Crippen molar-refractivity contribution in [3.63, 3.8) is 0 Å². The molecule has 5 rings (SSSR count). The van der Waals surface area contributed by atoms with Crippen LogP contribution in [0.15, 0.2) is 72.1 Å². The number of carboxylic acids is 1. The number of ether oxygens (including phenoxy) is 1. The molecule has 0 saturated heterocycles. The van der Waals surface area contributed by atoms with Crippen LogP contribution in [0.5, 0.6) is 5.75 Å². The zero-order valence-corrected chi connectivity index (χ0v) is 24.1. The van der Waals surface area contributed by atoms with Gasteiger partial charge in [-0.3, -0.25) is 13.9 Å². The first-order valence-electron chi connectivity index (χ1n) is 13.1. The zero-order valence-electron chi connectivity index (χ0n) is 22.5. The van der Waals surface area contributed by atoms with E-state index in [0.717, 1.165) is 27.8 Å². The lowest BCUT2D eigenvalue weighted by Crippen LogP contribution is -2.11. The van der Waals surface area contributed by atoms with Crippen LogP contribution in [0.3, 0.4) is 0 Å². The number of rotatable bonds is 8. The molecule has 0 spiro atoms. The molecule has 2 heterocycles. The summed E-state index contributed by atoms with van der Waals surface area (Å²) in [6.07, 6.45) is 2.63. The average Bonchev–Trinajstić information content (AvgIpc) is 3.35. The molecule has 5 nitrogen and oxygen atoms in total.